The Bertz CT molecular complexity index is 949. The molecule has 0 saturated carbocycles. The number of hydrogen-bond donors (Lipinski definition) is 1. The molecular weight excluding hydrogens is 354 g/mol. The van der Waals surface area contributed by atoms with Crippen LogP contribution in [0, 0.1) is 0 Å². The van der Waals surface area contributed by atoms with Gasteiger partial charge in [-0.05, 0) is 43.2 Å². The summed E-state index contributed by atoms with van der Waals surface area (Å²) in [5.41, 5.74) is 2.95. The number of carbonyl (C=O) groups is 1. The molecule has 146 valence electrons. The number of fused-ring (bicyclic) bond motifs is 1. The van der Waals surface area contributed by atoms with Crippen LogP contribution in [0.25, 0.3) is 11.0 Å². The molecule has 1 amide bonds. The van der Waals surface area contributed by atoms with E-state index >= 15 is 0 Å². The molecule has 0 unspecified atom stereocenters. The number of ether oxygens (including phenoxy) is 2. The lowest BCUT2D eigenvalue weighted by Gasteiger charge is -2.26. The van der Waals surface area contributed by atoms with Gasteiger partial charge in [0.2, 0.25) is 5.91 Å². The molecule has 4 rings (SSSR count). The molecule has 1 aliphatic heterocycles. The largest absolute Gasteiger partial charge is 0.497 e. The van der Waals surface area contributed by atoms with Crippen molar-refractivity contribution in [2.75, 3.05) is 20.8 Å². The summed E-state index contributed by atoms with van der Waals surface area (Å²) in [5, 5.41) is 0. The van der Waals surface area contributed by atoms with Gasteiger partial charge in [0.1, 0.15) is 17.3 Å². The van der Waals surface area contributed by atoms with Crippen LogP contribution in [-0.2, 0) is 11.2 Å². The molecule has 0 spiro atoms. The van der Waals surface area contributed by atoms with Crippen LogP contribution in [0.2, 0.25) is 0 Å². The maximum atomic E-state index is 13.0. The van der Waals surface area contributed by atoms with Crippen LogP contribution < -0.4 is 9.47 Å². The van der Waals surface area contributed by atoms with Gasteiger partial charge in [-0.1, -0.05) is 12.1 Å². The number of aryl methyl sites for hydroxylation is 1. The van der Waals surface area contributed by atoms with Gasteiger partial charge in [-0.2, -0.15) is 0 Å². The fraction of sp³-hybridized carbons (Fsp3) is 0.364. The number of carbonyl (C=O) groups excluding carboxylic acids is 1. The second-order valence-corrected chi connectivity index (χ2v) is 7.05. The van der Waals surface area contributed by atoms with Crippen molar-refractivity contribution in [3.05, 3.63) is 53.9 Å². The second-order valence-electron chi connectivity index (χ2n) is 7.05. The zero-order valence-electron chi connectivity index (χ0n) is 16.3. The van der Waals surface area contributed by atoms with Gasteiger partial charge in [-0.15, -0.1) is 0 Å². The Morgan fingerprint density at radius 3 is 2.86 bits per heavy atom. The average Bonchev–Trinajstić information content (AvgIpc) is 3.38. The van der Waals surface area contributed by atoms with E-state index in [1.54, 1.807) is 14.2 Å². The summed E-state index contributed by atoms with van der Waals surface area (Å²) in [7, 11) is 3.31. The number of amides is 1. The predicted octanol–water partition coefficient (Wildman–Crippen LogP) is 3.88. The zero-order chi connectivity index (χ0) is 19.5. The lowest BCUT2D eigenvalue weighted by atomic mass is 10.0. The molecular formula is C22H25N3O3. The number of benzene rings is 2. The molecule has 2 aromatic carbocycles. The number of H-pyrrole nitrogens is 1. The molecule has 1 atom stereocenters. The van der Waals surface area contributed by atoms with E-state index in [9.17, 15) is 4.79 Å². The molecule has 0 aliphatic carbocycles. The molecule has 1 saturated heterocycles. The number of aromatic nitrogens is 2. The van der Waals surface area contributed by atoms with Crippen molar-refractivity contribution >= 4 is 16.9 Å². The van der Waals surface area contributed by atoms with Crippen LogP contribution in [0.1, 0.15) is 36.7 Å². The van der Waals surface area contributed by atoms with Gasteiger partial charge >= 0.3 is 0 Å². The first-order chi connectivity index (χ1) is 13.7. The fourth-order valence-electron chi connectivity index (χ4n) is 3.98. The first-order valence-electron chi connectivity index (χ1n) is 9.64. The van der Waals surface area contributed by atoms with Crippen LogP contribution in [0.15, 0.2) is 42.5 Å². The van der Waals surface area contributed by atoms with E-state index in [0.29, 0.717) is 12.8 Å². The Morgan fingerprint density at radius 1 is 1.21 bits per heavy atom. The molecule has 1 aliphatic rings. The maximum Gasteiger partial charge on any atom is 0.223 e. The minimum atomic E-state index is 0.0215. The summed E-state index contributed by atoms with van der Waals surface area (Å²) in [6.45, 7) is 0.768. The van der Waals surface area contributed by atoms with E-state index in [2.05, 4.69) is 9.97 Å². The van der Waals surface area contributed by atoms with Gasteiger partial charge in [0.05, 0.1) is 31.3 Å². The summed E-state index contributed by atoms with van der Waals surface area (Å²) < 4.78 is 10.9. The van der Waals surface area contributed by atoms with Crippen LogP contribution in [0.3, 0.4) is 0 Å². The van der Waals surface area contributed by atoms with Crippen molar-refractivity contribution in [2.45, 2.75) is 31.7 Å². The third-order valence-corrected chi connectivity index (χ3v) is 5.38. The Kier molecular flexibility index (Phi) is 5.19. The van der Waals surface area contributed by atoms with Crippen molar-refractivity contribution < 1.29 is 14.3 Å². The van der Waals surface area contributed by atoms with Gasteiger partial charge in [0, 0.05) is 24.9 Å². The molecule has 1 aromatic heterocycles. The van der Waals surface area contributed by atoms with Crippen LogP contribution >= 0.6 is 0 Å². The van der Waals surface area contributed by atoms with Gasteiger partial charge in [-0.3, -0.25) is 4.79 Å². The third-order valence-electron chi connectivity index (χ3n) is 5.38. The topological polar surface area (TPSA) is 67.5 Å². The Labute approximate surface area is 164 Å². The Balaban J connectivity index is 1.49. The molecule has 6 heteroatoms. The molecule has 6 nitrogen and oxygen atoms in total. The Morgan fingerprint density at radius 2 is 2.07 bits per heavy atom. The molecule has 2 heterocycles. The van der Waals surface area contributed by atoms with Gasteiger partial charge in [0.15, 0.2) is 0 Å². The standard InChI is InChI=1S/C22H25N3O3/c1-27-15-9-10-20(28-2)16(14-15)19-8-5-13-25(19)22(26)12-11-21-23-17-6-3-4-7-18(17)24-21/h3-4,6-7,9-10,14,19H,5,8,11-13H2,1-2H3,(H,23,24)/t19-/m0/s1. The highest BCUT2D eigenvalue weighted by Crippen LogP contribution is 2.39. The number of hydrogen-bond acceptors (Lipinski definition) is 4. The van der Waals surface area contributed by atoms with Crippen LogP contribution in [0.4, 0.5) is 0 Å². The first-order valence-corrected chi connectivity index (χ1v) is 9.64. The number of nitrogens with one attached hydrogen (secondary N) is 1. The fourth-order valence-corrected chi connectivity index (χ4v) is 3.98. The van der Waals surface area contributed by atoms with E-state index in [4.69, 9.17) is 9.47 Å². The van der Waals surface area contributed by atoms with Crippen molar-refractivity contribution in [3.63, 3.8) is 0 Å². The summed E-state index contributed by atoms with van der Waals surface area (Å²) in [6, 6.07) is 13.7. The summed E-state index contributed by atoms with van der Waals surface area (Å²) >= 11 is 0. The Hall–Kier alpha value is -3.02. The molecule has 1 N–H and O–H groups in total. The molecule has 0 radical (unpaired) electrons. The molecule has 28 heavy (non-hydrogen) atoms. The van der Waals surface area contributed by atoms with Crippen molar-refractivity contribution in [3.8, 4) is 11.5 Å². The van der Waals surface area contributed by atoms with Crippen molar-refractivity contribution in [2.24, 2.45) is 0 Å². The van der Waals surface area contributed by atoms with E-state index in [1.165, 1.54) is 0 Å². The molecule has 0 bridgehead atoms. The summed E-state index contributed by atoms with van der Waals surface area (Å²) in [6.07, 6.45) is 2.95. The number of methoxy groups -OCH3 is 2. The van der Waals surface area contributed by atoms with Crippen molar-refractivity contribution in [1.82, 2.24) is 14.9 Å². The highest BCUT2D eigenvalue weighted by molar-refractivity contribution is 5.78. The molecule has 3 aromatic rings. The number of imidazole rings is 1. The number of likely N-dealkylation sites (tertiary alicyclic amines) is 1. The number of aromatic amines is 1. The van der Waals surface area contributed by atoms with Gasteiger partial charge < -0.3 is 19.4 Å². The second kappa shape index (κ2) is 7.92. The molecule has 1 fully saturated rings. The average molecular weight is 379 g/mol. The highest BCUT2D eigenvalue weighted by atomic mass is 16.5. The smallest absolute Gasteiger partial charge is 0.223 e. The lowest BCUT2D eigenvalue weighted by molar-refractivity contribution is -0.132. The zero-order valence-corrected chi connectivity index (χ0v) is 16.3. The van der Waals surface area contributed by atoms with Gasteiger partial charge in [-0.25, -0.2) is 4.98 Å². The van der Waals surface area contributed by atoms with E-state index < -0.39 is 0 Å². The van der Waals surface area contributed by atoms with Gasteiger partial charge in [0.25, 0.3) is 0 Å². The minimum absolute atomic E-state index is 0.0215. The van der Waals surface area contributed by atoms with E-state index in [0.717, 1.165) is 53.3 Å². The normalized spacial score (nSPS) is 16.5. The van der Waals surface area contributed by atoms with Crippen LogP contribution in [-0.4, -0.2) is 41.5 Å². The quantitative estimate of drug-likeness (QED) is 0.706. The summed E-state index contributed by atoms with van der Waals surface area (Å²) in [5.74, 6) is 2.57. The van der Waals surface area contributed by atoms with Crippen LogP contribution in [0.5, 0.6) is 11.5 Å². The first kappa shape index (κ1) is 18.3. The van der Waals surface area contributed by atoms with E-state index in [-0.39, 0.29) is 11.9 Å². The monoisotopic (exact) mass is 379 g/mol. The predicted molar refractivity (Wildman–Crippen MR) is 108 cm³/mol. The number of nitrogens with zero attached hydrogens (tertiary/aromatic N) is 2. The number of para-hydroxylation sites is 2. The number of rotatable bonds is 6. The lowest BCUT2D eigenvalue weighted by Crippen LogP contribution is -2.31. The maximum absolute atomic E-state index is 13.0. The minimum Gasteiger partial charge on any atom is -0.497 e. The third kappa shape index (κ3) is 3.54. The summed E-state index contributed by atoms with van der Waals surface area (Å²) in [4.78, 5) is 22.8. The highest BCUT2D eigenvalue weighted by Gasteiger charge is 2.32. The van der Waals surface area contributed by atoms with Crippen molar-refractivity contribution in [1.29, 1.82) is 0 Å². The van der Waals surface area contributed by atoms with E-state index in [1.807, 2.05) is 47.4 Å². The SMILES string of the molecule is COc1ccc(OC)c([C@@H]2CCCN2C(=O)CCc2nc3ccccc3[nH]2)c1.